The fourth-order valence-corrected chi connectivity index (χ4v) is 4.22. The molecule has 0 aromatic heterocycles. The van der Waals surface area contributed by atoms with Crippen LogP contribution in [0.15, 0.2) is 78.9 Å². The van der Waals surface area contributed by atoms with E-state index < -0.39 is 11.4 Å². The van der Waals surface area contributed by atoms with Crippen molar-refractivity contribution in [2.24, 2.45) is 0 Å². The zero-order valence-electron chi connectivity index (χ0n) is 20.6. The number of methoxy groups -OCH3 is 1. The van der Waals surface area contributed by atoms with E-state index in [1.807, 2.05) is 18.2 Å². The fraction of sp³-hybridized carbons (Fsp3) is 0.267. The maximum Gasteiger partial charge on any atom is 0.165 e. The standard InChI is InChI=1S/C30H32FNO3/c1-20(26-11-7-9-21-8-5-6-10-27(21)26)32-14-15-35-25-17-23(16-24(19-25)30(2,3)33)22-12-13-28(31)29(18-22)34-4/h5-13,16-20,32-33H,14-15H2,1-4H3/t20-/m1/s1. The summed E-state index contributed by atoms with van der Waals surface area (Å²) < 4.78 is 25.1. The Bertz CT molecular complexity index is 1310. The van der Waals surface area contributed by atoms with Gasteiger partial charge in [-0.1, -0.05) is 48.5 Å². The van der Waals surface area contributed by atoms with Crippen molar-refractivity contribution in [3.05, 3.63) is 95.8 Å². The molecule has 0 saturated heterocycles. The molecule has 0 aliphatic heterocycles. The van der Waals surface area contributed by atoms with Gasteiger partial charge in [0, 0.05) is 12.6 Å². The summed E-state index contributed by atoms with van der Waals surface area (Å²) >= 11 is 0. The predicted octanol–water partition coefficient (Wildman–Crippen LogP) is 6.61. The molecule has 0 unspecified atom stereocenters. The predicted molar refractivity (Wildman–Crippen MR) is 139 cm³/mol. The molecular formula is C30H32FNO3. The van der Waals surface area contributed by atoms with Gasteiger partial charge in [0.1, 0.15) is 12.4 Å². The van der Waals surface area contributed by atoms with Gasteiger partial charge < -0.3 is 19.9 Å². The normalized spacial score (nSPS) is 12.5. The van der Waals surface area contributed by atoms with E-state index in [0.29, 0.717) is 24.5 Å². The van der Waals surface area contributed by atoms with Crippen LogP contribution in [0.25, 0.3) is 21.9 Å². The van der Waals surface area contributed by atoms with Crippen molar-refractivity contribution in [1.82, 2.24) is 5.32 Å². The Morgan fingerprint density at radius 1 is 0.943 bits per heavy atom. The average Bonchev–Trinajstić information content (AvgIpc) is 2.85. The number of ether oxygens (including phenoxy) is 2. The largest absolute Gasteiger partial charge is 0.494 e. The van der Waals surface area contributed by atoms with Gasteiger partial charge in [0.05, 0.1) is 12.7 Å². The van der Waals surface area contributed by atoms with Crippen LogP contribution in [0.2, 0.25) is 0 Å². The van der Waals surface area contributed by atoms with E-state index in [0.717, 1.165) is 11.1 Å². The molecule has 4 nitrogen and oxygen atoms in total. The minimum atomic E-state index is -1.06. The molecule has 1 atom stereocenters. The Morgan fingerprint density at radius 2 is 1.71 bits per heavy atom. The van der Waals surface area contributed by atoms with Gasteiger partial charge in [-0.25, -0.2) is 4.39 Å². The minimum absolute atomic E-state index is 0.162. The fourth-order valence-electron chi connectivity index (χ4n) is 4.22. The van der Waals surface area contributed by atoms with Gasteiger partial charge in [0.15, 0.2) is 11.6 Å². The van der Waals surface area contributed by atoms with Crippen LogP contribution >= 0.6 is 0 Å². The van der Waals surface area contributed by atoms with E-state index in [1.54, 1.807) is 26.0 Å². The zero-order chi connectivity index (χ0) is 25.0. The molecule has 4 rings (SSSR count). The first-order valence-electron chi connectivity index (χ1n) is 11.8. The lowest BCUT2D eigenvalue weighted by atomic mass is 9.93. The number of rotatable bonds is 9. The Balaban J connectivity index is 1.48. The van der Waals surface area contributed by atoms with Gasteiger partial charge in [-0.15, -0.1) is 0 Å². The Hall–Kier alpha value is -3.41. The highest BCUT2D eigenvalue weighted by Gasteiger charge is 2.19. The topological polar surface area (TPSA) is 50.7 Å². The van der Waals surface area contributed by atoms with E-state index >= 15 is 0 Å². The molecule has 5 heteroatoms. The molecule has 4 aromatic carbocycles. The van der Waals surface area contributed by atoms with Gasteiger partial charge in [-0.2, -0.15) is 0 Å². The van der Waals surface area contributed by atoms with Crippen molar-refractivity contribution in [3.8, 4) is 22.6 Å². The second-order valence-electron chi connectivity index (χ2n) is 9.25. The third-order valence-corrected chi connectivity index (χ3v) is 6.21. The molecular weight excluding hydrogens is 441 g/mol. The molecule has 0 radical (unpaired) electrons. The minimum Gasteiger partial charge on any atom is -0.494 e. The Kier molecular flexibility index (Phi) is 7.39. The number of hydrogen-bond donors (Lipinski definition) is 2. The summed E-state index contributed by atoms with van der Waals surface area (Å²) in [5.74, 6) is 0.394. The number of aliphatic hydroxyl groups is 1. The molecule has 4 aromatic rings. The van der Waals surface area contributed by atoms with Crippen molar-refractivity contribution in [3.63, 3.8) is 0 Å². The summed E-state index contributed by atoms with van der Waals surface area (Å²) in [7, 11) is 1.44. The van der Waals surface area contributed by atoms with E-state index in [-0.39, 0.29) is 11.8 Å². The summed E-state index contributed by atoms with van der Waals surface area (Å²) in [6.45, 7) is 6.72. The van der Waals surface area contributed by atoms with Crippen molar-refractivity contribution < 1.29 is 19.0 Å². The zero-order valence-corrected chi connectivity index (χ0v) is 20.6. The lowest BCUT2D eigenvalue weighted by Crippen LogP contribution is -2.24. The lowest BCUT2D eigenvalue weighted by Gasteiger charge is -2.21. The number of fused-ring (bicyclic) bond motifs is 1. The van der Waals surface area contributed by atoms with Crippen molar-refractivity contribution >= 4 is 10.8 Å². The van der Waals surface area contributed by atoms with Crippen LogP contribution in [0.4, 0.5) is 4.39 Å². The summed E-state index contributed by atoms with van der Waals surface area (Å²) in [5, 5.41) is 16.6. The lowest BCUT2D eigenvalue weighted by molar-refractivity contribution is 0.0783. The number of halogens is 1. The third-order valence-electron chi connectivity index (χ3n) is 6.21. The van der Waals surface area contributed by atoms with Gasteiger partial charge in [-0.05, 0) is 84.1 Å². The van der Waals surface area contributed by atoms with Crippen LogP contribution < -0.4 is 14.8 Å². The molecule has 0 fully saturated rings. The summed E-state index contributed by atoms with van der Waals surface area (Å²) in [6, 6.07) is 25.3. The van der Waals surface area contributed by atoms with Gasteiger partial charge in [-0.3, -0.25) is 0 Å². The van der Waals surface area contributed by atoms with Crippen LogP contribution in [-0.4, -0.2) is 25.4 Å². The SMILES string of the molecule is COc1cc(-c2cc(OCCN[C@H](C)c3cccc4ccccc34)cc(C(C)(C)O)c2)ccc1F. The molecule has 0 saturated carbocycles. The molecule has 182 valence electrons. The van der Waals surface area contributed by atoms with Crippen molar-refractivity contribution in [2.75, 3.05) is 20.3 Å². The highest BCUT2D eigenvalue weighted by Crippen LogP contribution is 2.33. The van der Waals surface area contributed by atoms with Crippen LogP contribution in [0, 0.1) is 5.82 Å². The summed E-state index contributed by atoms with van der Waals surface area (Å²) in [6.07, 6.45) is 0. The first kappa shape index (κ1) is 24.7. The molecule has 2 N–H and O–H groups in total. The second kappa shape index (κ2) is 10.5. The Morgan fingerprint density at radius 3 is 2.49 bits per heavy atom. The molecule has 0 aliphatic rings. The monoisotopic (exact) mass is 473 g/mol. The highest BCUT2D eigenvalue weighted by molar-refractivity contribution is 5.86. The second-order valence-corrected chi connectivity index (χ2v) is 9.25. The number of benzene rings is 4. The number of nitrogens with one attached hydrogen (secondary N) is 1. The highest BCUT2D eigenvalue weighted by atomic mass is 19.1. The maximum absolute atomic E-state index is 13.9. The van der Waals surface area contributed by atoms with E-state index in [4.69, 9.17) is 9.47 Å². The van der Waals surface area contributed by atoms with Gasteiger partial charge in [0.25, 0.3) is 0 Å². The summed E-state index contributed by atoms with van der Waals surface area (Å²) in [5.41, 5.74) is 2.50. The third kappa shape index (κ3) is 5.81. The first-order valence-corrected chi connectivity index (χ1v) is 11.8. The maximum atomic E-state index is 13.9. The van der Waals surface area contributed by atoms with E-state index in [1.165, 1.54) is 29.5 Å². The quantitative estimate of drug-likeness (QED) is 0.269. The van der Waals surface area contributed by atoms with Gasteiger partial charge >= 0.3 is 0 Å². The summed E-state index contributed by atoms with van der Waals surface area (Å²) in [4.78, 5) is 0. The van der Waals surface area contributed by atoms with E-state index in [9.17, 15) is 9.50 Å². The number of hydrogen-bond acceptors (Lipinski definition) is 4. The molecule has 0 amide bonds. The van der Waals surface area contributed by atoms with Crippen LogP contribution in [0.1, 0.15) is 37.9 Å². The smallest absolute Gasteiger partial charge is 0.165 e. The Labute approximate surface area is 206 Å². The molecule has 35 heavy (non-hydrogen) atoms. The van der Waals surface area contributed by atoms with Crippen LogP contribution in [-0.2, 0) is 5.60 Å². The molecule has 0 heterocycles. The first-order chi connectivity index (χ1) is 16.8. The van der Waals surface area contributed by atoms with Crippen molar-refractivity contribution in [1.29, 1.82) is 0 Å². The van der Waals surface area contributed by atoms with Gasteiger partial charge in [0.2, 0.25) is 0 Å². The van der Waals surface area contributed by atoms with Crippen LogP contribution in [0.5, 0.6) is 11.5 Å². The molecule has 0 aliphatic carbocycles. The van der Waals surface area contributed by atoms with E-state index in [2.05, 4.69) is 54.7 Å². The van der Waals surface area contributed by atoms with Crippen LogP contribution in [0.3, 0.4) is 0 Å². The molecule has 0 spiro atoms. The average molecular weight is 474 g/mol. The van der Waals surface area contributed by atoms with Crippen molar-refractivity contribution in [2.45, 2.75) is 32.4 Å². The molecule has 0 bridgehead atoms.